The van der Waals surface area contributed by atoms with Crippen LogP contribution in [0.15, 0.2) is 12.1 Å². The smallest absolute Gasteiger partial charge is 0.130 e. The average Bonchev–Trinajstić information content (AvgIpc) is 2.38. The summed E-state index contributed by atoms with van der Waals surface area (Å²) < 4.78 is 0. The second-order valence-corrected chi connectivity index (χ2v) is 5.17. The normalized spacial score (nSPS) is 23.8. The number of hydrogen-bond acceptors (Lipinski definition) is 4. The Bertz CT molecular complexity index is 463. The van der Waals surface area contributed by atoms with Crippen molar-refractivity contribution >= 4 is 5.82 Å². The lowest BCUT2D eigenvalue weighted by atomic mass is 9.87. The van der Waals surface area contributed by atoms with Gasteiger partial charge in [-0.3, -0.25) is 0 Å². The number of anilines is 1. The lowest BCUT2D eigenvalue weighted by molar-refractivity contribution is 0.307. The molecule has 1 aliphatic rings. The van der Waals surface area contributed by atoms with Crippen LogP contribution in [0, 0.1) is 30.1 Å². The minimum absolute atomic E-state index is 0.520. The molecule has 1 aromatic heterocycles. The molecule has 4 nitrogen and oxygen atoms in total. The van der Waals surface area contributed by atoms with Crippen LogP contribution >= 0.6 is 0 Å². The first-order valence-corrected chi connectivity index (χ1v) is 6.48. The summed E-state index contributed by atoms with van der Waals surface area (Å²) in [5, 5.41) is 9.01. The molecule has 0 aliphatic carbocycles. The van der Waals surface area contributed by atoms with Gasteiger partial charge < -0.3 is 10.6 Å². The largest absolute Gasteiger partial charge is 0.356 e. The molecule has 1 aliphatic heterocycles. The van der Waals surface area contributed by atoms with Crippen LogP contribution in [0.3, 0.4) is 0 Å². The number of aromatic nitrogens is 1. The molecule has 2 rings (SSSR count). The summed E-state index contributed by atoms with van der Waals surface area (Å²) in [4.78, 5) is 6.79. The van der Waals surface area contributed by atoms with Gasteiger partial charge in [0.1, 0.15) is 5.82 Å². The van der Waals surface area contributed by atoms with Crippen molar-refractivity contribution < 1.29 is 0 Å². The summed E-state index contributed by atoms with van der Waals surface area (Å²) in [5.74, 6) is 2.11. The zero-order valence-corrected chi connectivity index (χ0v) is 11.1. The molecule has 18 heavy (non-hydrogen) atoms. The number of nitrogens with zero attached hydrogens (tertiary/aromatic N) is 3. The predicted molar refractivity (Wildman–Crippen MR) is 72.2 cm³/mol. The molecule has 0 saturated carbocycles. The molecule has 2 unspecified atom stereocenters. The maximum absolute atomic E-state index is 9.01. The van der Waals surface area contributed by atoms with Gasteiger partial charge in [-0.1, -0.05) is 6.92 Å². The first-order chi connectivity index (χ1) is 8.63. The monoisotopic (exact) mass is 244 g/mol. The van der Waals surface area contributed by atoms with Crippen LogP contribution in [-0.2, 0) is 0 Å². The SMILES string of the molecule is Cc1cc(C#N)cc(N2CCC(C)C(CN)C2)n1. The zero-order valence-electron chi connectivity index (χ0n) is 11.1. The highest BCUT2D eigenvalue weighted by atomic mass is 15.2. The fraction of sp³-hybridized carbons (Fsp3) is 0.571. The number of piperidine rings is 1. The Labute approximate surface area is 108 Å². The van der Waals surface area contributed by atoms with E-state index in [1.165, 1.54) is 0 Å². The Morgan fingerprint density at radius 3 is 3.00 bits per heavy atom. The van der Waals surface area contributed by atoms with Crippen molar-refractivity contribution in [2.24, 2.45) is 17.6 Å². The van der Waals surface area contributed by atoms with Gasteiger partial charge in [-0.05, 0) is 43.9 Å². The molecule has 0 spiro atoms. The Morgan fingerprint density at radius 1 is 1.56 bits per heavy atom. The third kappa shape index (κ3) is 2.62. The third-order valence-electron chi connectivity index (χ3n) is 3.81. The molecule has 1 aromatic rings. The highest BCUT2D eigenvalue weighted by Gasteiger charge is 2.26. The minimum Gasteiger partial charge on any atom is -0.356 e. The van der Waals surface area contributed by atoms with E-state index < -0.39 is 0 Å². The van der Waals surface area contributed by atoms with Crippen molar-refractivity contribution in [1.29, 1.82) is 5.26 Å². The molecule has 2 heterocycles. The number of nitriles is 1. The van der Waals surface area contributed by atoms with Gasteiger partial charge in [-0.15, -0.1) is 0 Å². The quantitative estimate of drug-likeness (QED) is 0.859. The minimum atomic E-state index is 0.520. The first kappa shape index (κ1) is 12.8. The zero-order chi connectivity index (χ0) is 13.1. The van der Waals surface area contributed by atoms with Gasteiger partial charge in [0.15, 0.2) is 0 Å². The summed E-state index contributed by atoms with van der Waals surface area (Å²) in [7, 11) is 0. The van der Waals surface area contributed by atoms with Crippen LogP contribution in [-0.4, -0.2) is 24.6 Å². The summed E-state index contributed by atoms with van der Waals surface area (Å²) >= 11 is 0. The second kappa shape index (κ2) is 5.36. The van der Waals surface area contributed by atoms with Crippen LogP contribution in [0.1, 0.15) is 24.6 Å². The molecular weight excluding hydrogens is 224 g/mol. The van der Waals surface area contributed by atoms with Gasteiger partial charge in [0.2, 0.25) is 0 Å². The van der Waals surface area contributed by atoms with Gasteiger partial charge in [0.05, 0.1) is 11.6 Å². The van der Waals surface area contributed by atoms with E-state index in [1.54, 1.807) is 0 Å². The number of aryl methyl sites for hydroxylation is 1. The molecule has 0 aromatic carbocycles. The lowest BCUT2D eigenvalue weighted by Gasteiger charge is -2.37. The Kier molecular flexibility index (Phi) is 3.83. The van der Waals surface area contributed by atoms with E-state index in [1.807, 2.05) is 19.1 Å². The van der Waals surface area contributed by atoms with E-state index in [2.05, 4.69) is 22.9 Å². The topological polar surface area (TPSA) is 65.9 Å². The fourth-order valence-corrected chi connectivity index (χ4v) is 2.54. The lowest BCUT2D eigenvalue weighted by Crippen LogP contribution is -2.43. The number of rotatable bonds is 2. The molecule has 96 valence electrons. The van der Waals surface area contributed by atoms with E-state index in [9.17, 15) is 0 Å². The molecular formula is C14H20N4. The van der Waals surface area contributed by atoms with Crippen molar-refractivity contribution in [3.8, 4) is 6.07 Å². The summed E-state index contributed by atoms with van der Waals surface area (Å²) in [6.07, 6.45) is 1.14. The third-order valence-corrected chi connectivity index (χ3v) is 3.81. The molecule has 2 N–H and O–H groups in total. The fourth-order valence-electron chi connectivity index (χ4n) is 2.54. The molecule has 4 heteroatoms. The van der Waals surface area contributed by atoms with E-state index in [0.29, 0.717) is 23.9 Å². The maximum atomic E-state index is 9.01. The second-order valence-electron chi connectivity index (χ2n) is 5.17. The predicted octanol–water partition coefficient (Wildman–Crippen LogP) is 1.68. The van der Waals surface area contributed by atoms with E-state index >= 15 is 0 Å². The van der Waals surface area contributed by atoms with Gasteiger partial charge >= 0.3 is 0 Å². The van der Waals surface area contributed by atoms with Gasteiger partial charge in [-0.2, -0.15) is 5.26 Å². The van der Waals surface area contributed by atoms with Gasteiger partial charge in [-0.25, -0.2) is 4.98 Å². The average molecular weight is 244 g/mol. The Balaban J connectivity index is 2.22. The Hall–Kier alpha value is -1.60. The molecule has 1 fully saturated rings. The van der Waals surface area contributed by atoms with E-state index in [-0.39, 0.29) is 0 Å². The summed E-state index contributed by atoms with van der Waals surface area (Å²) in [5.41, 5.74) is 7.40. The summed E-state index contributed by atoms with van der Waals surface area (Å²) in [6, 6.07) is 5.88. The van der Waals surface area contributed by atoms with Crippen molar-refractivity contribution in [1.82, 2.24) is 4.98 Å². The van der Waals surface area contributed by atoms with Crippen LogP contribution in [0.25, 0.3) is 0 Å². The molecule has 0 radical (unpaired) electrons. The van der Waals surface area contributed by atoms with Gasteiger partial charge in [0, 0.05) is 18.8 Å². The molecule has 0 amide bonds. The van der Waals surface area contributed by atoms with Crippen molar-refractivity contribution in [3.05, 3.63) is 23.4 Å². The number of pyridine rings is 1. The van der Waals surface area contributed by atoms with Crippen LogP contribution < -0.4 is 10.6 Å². The van der Waals surface area contributed by atoms with Crippen LogP contribution in [0.2, 0.25) is 0 Å². The number of hydrogen-bond donors (Lipinski definition) is 1. The Morgan fingerprint density at radius 2 is 2.33 bits per heavy atom. The molecule has 0 bridgehead atoms. The van der Waals surface area contributed by atoms with Gasteiger partial charge in [0.25, 0.3) is 0 Å². The molecule has 1 saturated heterocycles. The van der Waals surface area contributed by atoms with E-state index in [0.717, 1.165) is 31.0 Å². The highest BCUT2D eigenvalue weighted by molar-refractivity contribution is 5.47. The van der Waals surface area contributed by atoms with Crippen molar-refractivity contribution in [2.75, 3.05) is 24.5 Å². The number of nitrogens with two attached hydrogens (primary N) is 1. The molecule has 2 atom stereocenters. The van der Waals surface area contributed by atoms with Crippen molar-refractivity contribution in [3.63, 3.8) is 0 Å². The highest BCUT2D eigenvalue weighted by Crippen LogP contribution is 2.26. The van der Waals surface area contributed by atoms with Crippen LogP contribution in [0.4, 0.5) is 5.82 Å². The first-order valence-electron chi connectivity index (χ1n) is 6.48. The van der Waals surface area contributed by atoms with E-state index in [4.69, 9.17) is 11.0 Å². The maximum Gasteiger partial charge on any atom is 0.130 e. The van der Waals surface area contributed by atoms with Crippen molar-refractivity contribution in [2.45, 2.75) is 20.3 Å². The summed E-state index contributed by atoms with van der Waals surface area (Å²) in [6.45, 7) is 6.85. The standard InChI is InChI=1S/C14H20N4/c1-10-3-4-18(9-13(10)8-16)14-6-12(7-15)5-11(2)17-14/h5-6,10,13H,3-4,8-9,16H2,1-2H3. The van der Waals surface area contributed by atoms with Crippen LogP contribution in [0.5, 0.6) is 0 Å².